The third-order valence-electron chi connectivity index (χ3n) is 3.34. The predicted octanol–water partition coefficient (Wildman–Crippen LogP) is 1.77. The molecule has 2 rings (SSSR count). The van der Waals surface area contributed by atoms with Gasteiger partial charge in [0.2, 0.25) is 0 Å². The van der Waals surface area contributed by atoms with E-state index in [9.17, 15) is 0 Å². The average Bonchev–Trinajstić information content (AvgIpc) is 2.38. The molecule has 4 heteroatoms. The Morgan fingerprint density at radius 2 is 1.06 bits per heavy atom. The zero-order chi connectivity index (χ0) is 11.8. The number of ether oxygens (including phenoxy) is 4. The molecule has 0 N–H and O–H groups in total. The fourth-order valence-electron chi connectivity index (χ4n) is 2.43. The first-order chi connectivity index (χ1) is 8.47. The fourth-order valence-corrected chi connectivity index (χ4v) is 2.43. The van der Waals surface area contributed by atoms with E-state index in [1.54, 1.807) is 0 Å². The van der Waals surface area contributed by atoms with Gasteiger partial charge in [-0.1, -0.05) is 12.8 Å². The van der Waals surface area contributed by atoms with E-state index in [4.69, 9.17) is 18.9 Å². The van der Waals surface area contributed by atoms with E-state index in [1.807, 2.05) is 0 Å². The van der Waals surface area contributed by atoms with E-state index in [0.717, 1.165) is 32.5 Å². The van der Waals surface area contributed by atoms with E-state index >= 15 is 0 Å². The van der Waals surface area contributed by atoms with Gasteiger partial charge < -0.3 is 18.9 Å². The average molecular weight is 244 g/mol. The van der Waals surface area contributed by atoms with Crippen LogP contribution in [0, 0.1) is 0 Å². The van der Waals surface area contributed by atoms with Crippen LogP contribution in [0.3, 0.4) is 0 Å². The first-order valence-electron chi connectivity index (χ1n) is 6.85. The zero-order valence-electron chi connectivity index (χ0n) is 10.6. The SMILES string of the molecule is C1COCCOC2CCCCC2OCCOC1. The summed E-state index contributed by atoms with van der Waals surface area (Å²) < 4.78 is 22.7. The summed E-state index contributed by atoms with van der Waals surface area (Å²) in [4.78, 5) is 0. The van der Waals surface area contributed by atoms with Crippen LogP contribution in [0.1, 0.15) is 32.1 Å². The highest BCUT2D eigenvalue weighted by Gasteiger charge is 2.26. The zero-order valence-corrected chi connectivity index (χ0v) is 10.6. The van der Waals surface area contributed by atoms with Gasteiger partial charge in [-0.3, -0.25) is 0 Å². The van der Waals surface area contributed by atoms with Crippen LogP contribution in [0.4, 0.5) is 0 Å². The molecule has 0 amide bonds. The molecule has 0 aromatic heterocycles. The number of hydrogen-bond donors (Lipinski definition) is 0. The summed E-state index contributed by atoms with van der Waals surface area (Å²) in [5.41, 5.74) is 0. The molecule has 17 heavy (non-hydrogen) atoms. The van der Waals surface area contributed by atoms with E-state index < -0.39 is 0 Å². The van der Waals surface area contributed by atoms with Crippen molar-refractivity contribution < 1.29 is 18.9 Å². The third kappa shape index (κ3) is 4.92. The Bertz CT molecular complexity index is 178. The van der Waals surface area contributed by atoms with Crippen molar-refractivity contribution in [3.63, 3.8) is 0 Å². The Kier molecular flexibility index (Phi) is 6.27. The van der Waals surface area contributed by atoms with Gasteiger partial charge in [0.05, 0.1) is 38.6 Å². The highest BCUT2D eigenvalue weighted by atomic mass is 16.6. The lowest BCUT2D eigenvalue weighted by atomic mass is 9.94. The molecule has 1 aliphatic carbocycles. The third-order valence-corrected chi connectivity index (χ3v) is 3.34. The van der Waals surface area contributed by atoms with Gasteiger partial charge in [0.25, 0.3) is 0 Å². The molecule has 0 spiro atoms. The van der Waals surface area contributed by atoms with Crippen LogP contribution in [0.2, 0.25) is 0 Å². The summed E-state index contributed by atoms with van der Waals surface area (Å²) in [6.07, 6.45) is 6.20. The molecule has 1 heterocycles. The second-order valence-corrected chi connectivity index (χ2v) is 4.68. The minimum absolute atomic E-state index is 0.258. The Morgan fingerprint density at radius 1 is 0.529 bits per heavy atom. The summed E-state index contributed by atoms with van der Waals surface area (Å²) >= 11 is 0. The van der Waals surface area contributed by atoms with Crippen molar-refractivity contribution in [3.8, 4) is 0 Å². The largest absolute Gasteiger partial charge is 0.379 e. The van der Waals surface area contributed by atoms with E-state index in [2.05, 4.69) is 0 Å². The number of hydrogen-bond acceptors (Lipinski definition) is 4. The van der Waals surface area contributed by atoms with Crippen molar-refractivity contribution in [2.24, 2.45) is 0 Å². The molecule has 0 aromatic rings. The molecule has 0 radical (unpaired) electrons. The molecule has 0 aromatic carbocycles. The normalized spacial score (nSPS) is 33.9. The van der Waals surface area contributed by atoms with Crippen LogP contribution < -0.4 is 0 Å². The van der Waals surface area contributed by atoms with Gasteiger partial charge in [0.15, 0.2) is 0 Å². The second kappa shape index (κ2) is 8.03. The summed E-state index contributed by atoms with van der Waals surface area (Å²) in [6, 6.07) is 0. The Balaban J connectivity index is 1.78. The van der Waals surface area contributed by atoms with Gasteiger partial charge in [-0.25, -0.2) is 0 Å². The number of fused-ring (bicyclic) bond motifs is 1. The van der Waals surface area contributed by atoms with Crippen LogP contribution in [0.15, 0.2) is 0 Å². The minimum atomic E-state index is 0.258. The van der Waals surface area contributed by atoms with Gasteiger partial charge in [-0.05, 0) is 19.3 Å². The van der Waals surface area contributed by atoms with E-state index in [1.165, 1.54) is 12.8 Å². The summed E-state index contributed by atoms with van der Waals surface area (Å²) in [7, 11) is 0. The Hall–Kier alpha value is -0.160. The maximum Gasteiger partial charge on any atom is 0.0837 e. The van der Waals surface area contributed by atoms with Gasteiger partial charge in [-0.2, -0.15) is 0 Å². The first-order valence-corrected chi connectivity index (χ1v) is 6.85. The highest BCUT2D eigenvalue weighted by Crippen LogP contribution is 2.23. The lowest BCUT2D eigenvalue weighted by Gasteiger charge is -2.31. The molecule has 1 saturated carbocycles. The summed E-state index contributed by atoms with van der Waals surface area (Å²) in [5.74, 6) is 0. The molecule has 4 nitrogen and oxygen atoms in total. The molecular formula is C13H24O4. The van der Waals surface area contributed by atoms with Crippen LogP contribution in [-0.2, 0) is 18.9 Å². The predicted molar refractivity (Wildman–Crippen MR) is 64.2 cm³/mol. The molecule has 1 saturated heterocycles. The molecular weight excluding hydrogens is 220 g/mol. The standard InChI is InChI=1S/C13H24O4/c1-2-5-13-12(4-1)16-10-8-14-6-3-7-15-9-11-17-13/h12-13H,1-11H2. The van der Waals surface area contributed by atoms with Gasteiger partial charge in [0, 0.05) is 13.2 Å². The summed E-state index contributed by atoms with van der Waals surface area (Å²) in [6.45, 7) is 4.26. The highest BCUT2D eigenvalue weighted by molar-refractivity contribution is 4.76. The topological polar surface area (TPSA) is 36.9 Å². The minimum Gasteiger partial charge on any atom is -0.379 e. The second-order valence-electron chi connectivity index (χ2n) is 4.68. The van der Waals surface area contributed by atoms with Crippen molar-refractivity contribution in [2.45, 2.75) is 44.3 Å². The lowest BCUT2D eigenvalue weighted by molar-refractivity contribution is -0.106. The van der Waals surface area contributed by atoms with E-state index in [0.29, 0.717) is 26.4 Å². The monoisotopic (exact) mass is 244 g/mol. The molecule has 0 bridgehead atoms. The van der Waals surface area contributed by atoms with Crippen LogP contribution in [-0.4, -0.2) is 51.8 Å². The maximum absolute atomic E-state index is 5.87. The molecule has 1 aliphatic heterocycles. The van der Waals surface area contributed by atoms with Crippen LogP contribution in [0.5, 0.6) is 0 Å². The van der Waals surface area contributed by atoms with Crippen molar-refractivity contribution in [1.29, 1.82) is 0 Å². The van der Waals surface area contributed by atoms with Crippen LogP contribution in [0.25, 0.3) is 0 Å². The Labute approximate surface area is 104 Å². The smallest absolute Gasteiger partial charge is 0.0837 e. The van der Waals surface area contributed by atoms with E-state index in [-0.39, 0.29) is 12.2 Å². The molecule has 2 aliphatic rings. The van der Waals surface area contributed by atoms with Crippen LogP contribution >= 0.6 is 0 Å². The maximum atomic E-state index is 5.87. The summed E-state index contributed by atoms with van der Waals surface area (Å²) in [5, 5.41) is 0. The van der Waals surface area contributed by atoms with Gasteiger partial charge in [0.1, 0.15) is 0 Å². The molecule has 2 unspecified atom stereocenters. The van der Waals surface area contributed by atoms with Crippen molar-refractivity contribution in [2.75, 3.05) is 39.6 Å². The fraction of sp³-hybridized carbons (Fsp3) is 1.00. The van der Waals surface area contributed by atoms with Gasteiger partial charge in [-0.15, -0.1) is 0 Å². The molecule has 2 fully saturated rings. The van der Waals surface area contributed by atoms with Crippen molar-refractivity contribution >= 4 is 0 Å². The number of rotatable bonds is 0. The molecule has 100 valence electrons. The van der Waals surface area contributed by atoms with Crippen molar-refractivity contribution in [1.82, 2.24) is 0 Å². The van der Waals surface area contributed by atoms with Gasteiger partial charge >= 0.3 is 0 Å². The first kappa shape index (κ1) is 13.3. The van der Waals surface area contributed by atoms with Crippen molar-refractivity contribution in [3.05, 3.63) is 0 Å². The quantitative estimate of drug-likeness (QED) is 0.651. The lowest BCUT2D eigenvalue weighted by Crippen LogP contribution is -2.36. The molecule has 2 atom stereocenters. The Morgan fingerprint density at radius 3 is 1.59 bits per heavy atom.